The van der Waals surface area contributed by atoms with E-state index in [9.17, 15) is 0 Å². The number of hydrogen-bond donors (Lipinski definition) is 0. The van der Waals surface area contributed by atoms with Gasteiger partial charge in [-0.2, -0.15) is 0 Å². The van der Waals surface area contributed by atoms with Gasteiger partial charge in [0.15, 0.2) is 17.5 Å². The average molecular weight is 793 g/mol. The molecule has 0 atom stereocenters. The number of aromatic nitrogens is 4. The largest absolute Gasteiger partial charge is 0.457 e. The molecule has 0 N–H and O–H groups in total. The van der Waals surface area contributed by atoms with Gasteiger partial charge in [0.05, 0.1) is 26.2 Å². The van der Waals surface area contributed by atoms with Crippen LogP contribution in [0.25, 0.3) is 61.7 Å². The summed E-state index contributed by atoms with van der Waals surface area (Å²) in [7, 11) is -3.97. The predicted octanol–water partition coefficient (Wildman–Crippen LogP) is 11.6. The highest BCUT2D eigenvalue weighted by Gasteiger charge is 2.53. The van der Waals surface area contributed by atoms with Gasteiger partial charge in [-0.25, -0.2) is 23.4 Å². The van der Waals surface area contributed by atoms with Crippen LogP contribution in [0.2, 0.25) is 0 Å². The van der Waals surface area contributed by atoms with Crippen molar-refractivity contribution in [1.29, 1.82) is 0 Å². The summed E-state index contributed by atoms with van der Waals surface area (Å²) < 4.78 is 38.8. The van der Waals surface area contributed by atoms with E-state index in [1.54, 1.807) is 6.07 Å². The first-order valence-electron chi connectivity index (χ1n) is 19.8. The maximum absolute atomic E-state index is 15.0. The Kier molecular flexibility index (Phi) is 7.40. The van der Waals surface area contributed by atoms with Crippen LogP contribution in [0.1, 0.15) is 22.3 Å². The molecule has 0 amide bonds. The van der Waals surface area contributed by atoms with E-state index in [0.717, 1.165) is 55.3 Å². The van der Waals surface area contributed by atoms with Gasteiger partial charge in [0.2, 0.25) is 9.84 Å². The third-order valence-corrected chi connectivity index (χ3v) is 13.8. The van der Waals surface area contributed by atoms with Crippen molar-refractivity contribution in [2.24, 2.45) is 0 Å². The minimum atomic E-state index is -3.97. The molecule has 7 nitrogen and oxygen atoms in total. The van der Waals surface area contributed by atoms with Crippen LogP contribution in [0.4, 0.5) is 0 Å². The maximum Gasteiger partial charge on any atom is 0.207 e. The molecular formula is C52H32N4O3S. The molecule has 0 aliphatic carbocycles. The van der Waals surface area contributed by atoms with E-state index in [1.807, 2.05) is 146 Å². The summed E-state index contributed by atoms with van der Waals surface area (Å²) in [5, 5.41) is 1.77. The number of hydrogen-bond acceptors (Lipinski definition) is 6. The lowest BCUT2D eigenvalue weighted by Crippen LogP contribution is -2.39. The first-order valence-corrected chi connectivity index (χ1v) is 21.3. The summed E-state index contributed by atoms with van der Waals surface area (Å²) in [5.74, 6) is 3.08. The highest BCUT2D eigenvalue weighted by Crippen LogP contribution is 2.60. The van der Waals surface area contributed by atoms with Crippen molar-refractivity contribution in [2.45, 2.75) is 15.2 Å². The molecular weight excluding hydrogens is 761 g/mol. The normalized spacial score (nSPS) is 14.2. The number of nitrogens with zero attached hydrogens (tertiary/aromatic N) is 4. The van der Waals surface area contributed by atoms with Crippen LogP contribution in [-0.4, -0.2) is 27.9 Å². The highest BCUT2D eigenvalue weighted by molar-refractivity contribution is 7.91. The van der Waals surface area contributed by atoms with Crippen molar-refractivity contribution < 1.29 is 13.2 Å². The van der Waals surface area contributed by atoms with Gasteiger partial charge >= 0.3 is 0 Å². The Morgan fingerprint density at radius 3 is 1.62 bits per heavy atom. The van der Waals surface area contributed by atoms with Crippen molar-refractivity contribution in [3.63, 3.8) is 0 Å². The van der Waals surface area contributed by atoms with Gasteiger partial charge in [-0.1, -0.05) is 146 Å². The average Bonchev–Trinajstić information content (AvgIpc) is 3.64. The molecule has 1 spiro atoms. The Hall–Kier alpha value is -7.68. The van der Waals surface area contributed by atoms with Gasteiger partial charge in [-0.05, 0) is 59.7 Å². The number of ether oxygens (including phenoxy) is 1. The molecule has 10 aromatic rings. The molecule has 12 rings (SSSR count). The lowest BCUT2D eigenvalue weighted by molar-refractivity contribution is 0.429. The van der Waals surface area contributed by atoms with Crippen LogP contribution >= 0.6 is 0 Å². The fourth-order valence-corrected chi connectivity index (χ4v) is 11.1. The molecule has 284 valence electrons. The molecule has 2 aliphatic heterocycles. The molecule has 0 radical (unpaired) electrons. The van der Waals surface area contributed by atoms with Crippen molar-refractivity contribution in [1.82, 2.24) is 19.5 Å². The van der Waals surface area contributed by atoms with E-state index in [4.69, 9.17) is 19.7 Å². The minimum Gasteiger partial charge on any atom is -0.457 e. The van der Waals surface area contributed by atoms with Crippen LogP contribution in [0.5, 0.6) is 11.5 Å². The van der Waals surface area contributed by atoms with Crippen molar-refractivity contribution in [3.05, 3.63) is 216 Å². The second-order valence-corrected chi connectivity index (χ2v) is 17.0. The molecule has 4 heterocycles. The van der Waals surface area contributed by atoms with Crippen LogP contribution in [0.15, 0.2) is 204 Å². The van der Waals surface area contributed by atoms with Gasteiger partial charge in [0.25, 0.3) is 0 Å². The second-order valence-electron chi connectivity index (χ2n) is 15.2. The topological polar surface area (TPSA) is 87.0 Å². The van der Waals surface area contributed by atoms with Crippen LogP contribution in [0.3, 0.4) is 0 Å². The predicted molar refractivity (Wildman–Crippen MR) is 234 cm³/mol. The summed E-state index contributed by atoms with van der Waals surface area (Å²) in [6.45, 7) is 0. The van der Waals surface area contributed by atoms with Gasteiger partial charge in [0, 0.05) is 44.3 Å². The number of rotatable bonds is 4. The second kappa shape index (κ2) is 12.9. The molecule has 2 aliphatic rings. The van der Waals surface area contributed by atoms with E-state index in [2.05, 4.69) is 47.0 Å². The van der Waals surface area contributed by atoms with Gasteiger partial charge < -0.3 is 9.30 Å². The van der Waals surface area contributed by atoms with E-state index in [0.29, 0.717) is 45.0 Å². The number of sulfone groups is 1. The number of para-hydroxylation sites is 3. The summed E-state index contributed by atoms with van der Waals surface area (Å²) in [6, 6.07) is 63.7. The molecule has 0 fully saturated rings. The van der Waals surface area contributed by atoms with Crippen molar-refractivity contribution in [2.75, 3.05) is 0 Å². The lowest BCUT2D eigenvalue weighted by atomic mass is 9.63. The molecule has 0 unspecified atom stereocenters. The van der Waals surface area contributed by atoms with Crippen molar-refractivity contribution >= 4 is 31.6 Å². The number of fused-ring (bicyclic) bond motifs is 11. The zero-order valence-corrected chi connectivity index (χ0v) is 32.7. The molecule has 0 saturated carbocycles. The van der Waals surface area contributed by atoms with Crippen LogP contribution in [-0.2, 0) is 15.3 Å². The third-order valence-electron chi connectivity index (χ3n) is 11.9. The fraction of sp³-hybridized carbons (Fsp3) is 0.0192. The lowest BCUT2D eigenvalue weighted by Gasteiger charge is -2.45. The van der Waals surface area contributed by atoms with Gasteiger partial charge in [-0.3, -0.25) is 0 Å². The molecule has 60 heavy (non-hydrogen) atoms. The fourth-order valence-electron chi connectivity index (χ4n) is 9.36. The molecule has 0 saturated heterocycles. The third kappa shape index (κ3) is 4.88. The van der Waals surface area contributed by atoms with E-state index < -0.39 is 15.3 Å². The van der Waals surface area contributed by atoms with Crippen molar-refractivity contribution in [3.8, 4) is 51.3 Å². The van der Waals surface area contributed by atoms with E-state index >= 15 is 8.42 Å². The maximum atomic E-state index is 15.0. The molecule has 2 aromatic heterocycles. The first kappa shape index (κ1) is 34.4. The standard InChI is InChI=1S/C52H32N4O3S/c57-60(58)47-29-14-10-25-41(47)52(39-23-8-12-27-45(39)59-46-28-13-9-24-40(46)52)42-32-44-38(31-48(42)60)37-22-7-11-26-43(37)56(44)36-21-15-20-35(30-36)51-54-49(33-16-3-1-4-17-33)53-50(55-51)34-18-5-2-6-19-34/h1-32H. The van der Waals surface area contributed by atoms with Gasteiger partial charge in [-0.15, -0.1) is 0 Å². The zero-order chi connectivity index (χ0) is 40.0. The quantitative estimate of drug-likeness (QED) is 0.176. The summed E-state index contributed by atoms with van der Waals surface area (Å²) in [5.41, 5.74) is 7.42. The molecule has 0 bridgehead atoms. The monoisotopic (exact) mass is 792 g/mol. The Labute approximate surface area is 345 Å². The Bertz CT molecular complexity index is 3390. The summed E-state index contributed by atoms with van der Waals surface area (Å²) >= 11 is 0. The highest BCUT2D eigenvalue weighted by atomic mass is 32.2. The molecule has 8 aromatic carbocycles. The number of benzene rings is 8. The van der Waals surface area contributed by atoms with Crippen LogP contribution in [0, 0.1) is 0 Å². The Balaban J connectivity index is 1.15. The SMILES string of the molecule is O=S1(=O)c2ccccc2C2(c3ccccc3Oc3ccccc32)c2cc3c(cc21)c1ccccc1n3-c1cccc(-c2nc(-c3ccccc3)nc(-c3ccccc3)n2)c1. The van der Waals surface area contributed by atoms with Gasteiger partial charge in [0.1, 0.15) is 11.5 Å². The first-order chi connectivity index (χ1) is 29.5. The van der Waals surface area contributed by atoms with Crippen LogP contribution < -0.4 is 4.74 Å². The Morgan fingerprint density at radius 2 is 0.950 bits per heavy atom. The van der Waals surface area contributed by atoms with E-state index in [1.165, 1.54) is 0 Å². The summed E-state index contributed by atoms with van der Waals surface area (Å²) in [6.07, 6.45) is 0. The zero-order valence-electron chi connectivity index (χ0n) is 31.9. The van der Waals surface area contributed by atoms with E-state index in [-0.39, 0.29) is 4.90 Å². The Morgan fingerprint density at radius 1 is 0.417 bits per heavy atom. The minimum absolute atomic E-state index is 0.281. The smallest absolute Gasteiger partial charge is 0.207 e. The summed E-state index contributed by atoms with van der Waals surface area (Å²) in [4.78, 5) is 15.5. The molecule has 8 heteroatoms.